The molecular formula is C12H21N3. The van der Waals surface area contributed by atoms with Gasteiger partial charge < -0.3 is 5.32 Å². The normalized spacial score (nSPS) is 31.5. The monoisotopic (exact) mass is 207 g/mol. The number of anilines is 1. The summed E-state index contributed by atoms with van der Waals surface area (Å²) in [5.41, 5.74) is 1.16. The number of rotatable bonds is 2. The zero-order valence-corrected chi connectivity index (χ0v) is 9.90. The summed E-state index contributed by atoms with van der Waals surface area (Å²) in [6.07, 6.45) is 7.88. The highest BCUT2D eigenvalue weighted by Crippen LogP contribution is 2.30. The molecule has 0 bridgehead atoms. The molecule has 0 unspecified atom stereocenters. The first-order chi connectivity index (χ1) is 7.15. The highest BCUT2D eigenvalue weighted by molar-refractivity contribution is 5.39. The van der Waals surface area contributed by atoms with E-state index in [-0.39, 0.29) is 0 Å². The van der Waals surface area contributed by atoms with Crippen molar-refractivity contribution in [2.45, 2.75) is 39.2 Å². The van der Waals surface area contributed by atoms with Crippen LogP contribution in [0.5, 0.6) is 0 Å². The van der Waals surface area contributed by atoms with Crippen molar-refractivity contribution in [3.8, 4) is 0 Å². The van der Waals surface area contributed by atoms with E-state index in [2.05, 4.69) is 24.3 Å². The van der Waals surface area contributed by atoms with Crippen LogP contribution in [0.3, 0.4) is 0 Å². The molecule has 1 aliphatic carbocycles. The van der Waals surface area contributed by atoms with Crippen LogP contribution in [0.25, 0.3) is 0 Å². The Morgan fingerprint density at radius 2 is 2.13 bits per heavy atom. The Kier molecular flexibility index (Phi) is 2.98. The molecule has 0 saturated heterocycles. The Morgan fingerprint density at radius 3 is 2.73 bits per heavy atom. The Hall–Kier alpha value is -0.990. The van der Waals surface area contributed by atoms with Gasteiger partial charge in [-0.25, -0.2) is 0 Å². The molecular weight excluding hydrogens is 186 g/mol. The summed E-state index contributed by atoms with van der Waals surface area (Å²) in [7, 11) is 1.96. The van der Waals surface area contributed by atoms with Crippen LogP contribution in [0.15, 0.2) is 12.4 Å². The molecule has 3 heteroatoms. The maximum absolute atomic E-state index is 4.17. The molecule has 3 atom stereocenters. The molecule has 1 fully saturated rings. The Labute approximate surface area is 91.9 Å². The predicted octanol–water partition coefficient (Wildman–Crippen LogP) is 2.66. The van der Waals surface area contributed by atoms with E-state index in [0.29, 0.717) is 6.04 Å². The third kappa shape index (κ3) is 2.52. The van der Waals surface area contributed by atoms with Crippen molar-refractivity contribution in [1.82, 2.24) is 9.78 Å². The van der Waals surface area contributed by atoms with E-state index in [1.807, 2.05) is 24.1 Å². The summed E-state index contributed by atoms with van der Waals surface area (Å²) >= 11 is 0. The average molecular weight is 207 g/mol. The van der Waals surface area contributed by atoms with Crippen molar-refractivity contribution in [3.63, 3.8) is 0 Å². The summed E-state index contributed by atoms with van der Waals surface area (Å²) < 4.78 is 1.84. The van der Waals surface area contributed by atoms with Gasteiger partial charge in [-0.3, -0.25) is 4.68 Å². The quantitative estimate of drug-likeness (QED) is 0.808. The molecule has 0 aromatic carbocycles. The fraction of sp³-hybridized carbons (Fsp3) is 0.750. The standard InChI is InChI=1S/C12H21N3/c1-9-4-5-11(6-10(9)2)14-12-7-13-15(3)8-12/h7-11,14H,4-6H2,1-3H3/t9-,10+,11+/m1/s1. The summed E-state index contributed by atoms with van der Waals surface area (Å²) in [4.78, 5) is 0. The van der Waals surface area contributed by atoms with E-state index in [4.69, 9.17) is 0 Å². The van der Waals surface area contributed by atoms with Crippen LogP contribution < -0.4 is 5.32 Å². The number of hydrogen-bond donors (Lipinski definition) is 1. The van der Waals surface area contributed by atoms with Crippen molar-refractivity contribution >= 4 is 5.69 Å². The fourth-order valence-corrected chi connectivity index (χ4v) is 2.41. The van der Waals surface area contributed by atoms with Crippen molar-refractivity contribution in [1.29, 1.82) is 0 Å². The highest BCUT2D eigenvalue weighted by atomic mass is 15.3. The number of aryl methyl sites for hydroxylation is 1. The molecule has 0 spiro atoms. The topological polar surface area (TPSA) is 29.9 Å². The third-order valence-corrected chi connectivity index (χ3v) is 3.67. The lowest BCUT2D eigenvalue weighted by atomic mass is 9.79. The molecule has 2 rings (SSSR count). The number of nitrogens with zero attached hydrogens (tertiary/aromatic N) is 2. The molecule has 0 amide bonds. The molecule has 1 saturated carbocycles. The smallest absolute Gasteiger partial charge is 0.0728 e. The van der Waals surface area contributed by atoms with E-state index in [0.717, 1.165) is 17.5 Å². The highest BCUT2D eigenvalue weighted by Gasteiger charge is 2.24. The predicted molar refractivity (Wildman–Crippen MR) is 62.8 cm³/mol. The maximum atomic E-state index is 4.17. The van der Waals surface area contributed by atoms with Gasteiger partial charge in [0.25, 0.3) is 0 Å². The van der Waals surface area contributed by atoms with Gasteiger partial charge in [0.2, 0.25) is 0 Å². The fourth-order valence-electron chi connectivity index (χ4n) is 2.41. The minimum Gasteiger partial charge on any atom is -0.380 e. The second kappa shape index (κ2) is 4.25. The van der Waals surface area contributed by atoms with Crippen LogP contribution in [0.2, 0.25) is 0 Å². The molecule has 84 valence electrons. The number of aromatic nitrogens is 2. The molecule has 0 aliphatic heterocycles. The molecule has 1 heterocycles. The largest absolute Gasteiger partial charge is 0.380 e. The second-order valence-electron chi connectivity index (χ2n) is 5.01. The SMILES string of the molecule is C[C@@H]1CC[C@H](Nc2cnn(C)c2)C[C@@H]1C. The molecule has 0 radical (unpaired) electrons. The second-order valence-corrected chi connectivity index (χ2v) is 5.01. The summed E-state index contributed by atoms with van der Waals surface area (Å²) in [6, 6.07) is 0.639. The first kappa shape index (κ1) is 10.5. The van der Waals surface area contributed by atoms with Gasteiger partial charge in [0.05, 0.1) is 11.9 Å². The maximum Gasteiger partial charge on any atom is 0.0728 e. The van der Waals surface area contributed by atoms with Crippen molar-refractivity contribution in [2.24, 2.45) is 18.9 Å². The number of nitrogens with one attached hydrogen (secondary N) is 1. The van der Waals surface area contributed by atoms with Crippen molar-refractivity contribution in [2.75, 3.05) is 5.32 Å². The van der Waals surface area contributed by atoms with E-state index >= 15 is 0 Å². The van der Waals surface area contributed by atoms with Crippen molar-refractivity contribution < 1.29 is 0 Å². The minimum atomic E-state index is 0.639. The van der Waals surface area contributed by atoms with Crippen LogP contribution in [-0.2, 0) is 7.05 Å². The summed E-state index contributed by atoms with van der Waals surface area (Å²) in [6.45, 7) is 4.73. The van der Waals surface area contributed by atoms with Gasteiger partial charge >= 0.3 is 0 Å². The first-order valence-corrected chi connectivity index (χ1v) is 5.90. The Bertz CT molecular complexity index is 318. The average Bonchev–Trinajstić information content (AvgIpc) is 2.58. The summed E-state index contributed by atoms with van der Waals surface area (Å²) in [5.74, 6) is 1.73. The van der Waals surface area contributed by atoms with Crippen LogP contribution in [-0.4, -0.2) is 15.8 Å². The van der Waals surface area contributed by atoms with E-state index in [1.54, 1.807) is 0 Å². The Morgan fingerprint density at radius 1 is 1.33 bits per heavy atom. The van der Waals surface area contributed by atoms with Crippen molar-refractivity contribution in [3.05, 3.63) is 12.4 Å². The molecule has 3 nitrogen and oxygen atoms in total. The van der Waals surface area contributed by atoms with E-state index < -0.39 is 0 Å². The lowest BCUT2D eigenvalue weighted by Crippen LogP contribution is -2.30. The molecule has 1 N–H and O–H groups in total. The van der Waals surface area contributed by atoms with E-state index in [1.165, 1.54) is 19.3 Å². The summed E-state index contributed by atoms with van der Waals surface area (Å²) in [5, 5.41) is 7.74. The van der Waals surface area contributed by atoms with Gasteiger partial charge in [0.1, 0.15) is 0 Å². The van der Waals surface area contributed by atoms with Crippen LogP contribution in [0.4, 0.5) is 5.69 Å². The number of hydrogen-bond acceptors (Lipinski definition) is 2. The van der Waals surface area contributed by atoms with Crippen LogP contribution in [0, 0.1) is 11.8 Å². The Balaban J connectivity index is 1.90. The van der Waals surface area contributed by atoms with Gasteiger partial charge in [-0.15, -0.1) is 0 Å². The van der Waals surface area contributed by atoms with E-state index in [9.17, 15) is 0 Å². The van der Waals surface area contributed by atoms with Crippen LogP contribution >= 0.6 is 0 Å². The zero-order valence-electron chi connectivity index (χ0n) is 9.90. The molecule has 15 heavy (non-hydrogen) atoms. The van der Waals surface area contributed by atoms with Gasteiger partial charge in [0.15, 0.2) is 0 Å². The molecule has 1 aromatic rings. The molecule has 1 aromatic heterocycles. The third-order valence-electron chi connectivity index (χ3n) is 3.67. The van der Waals surface area contributed by atoms with Gasteiger partial charge in [-0.05, 0) is 31.1 Å². The minimum absolute atomic E-state index is 0.639. The lowest BCUT2D eigenvalue weighted by Gasteiger charge is -2.32. The zero-order chi connectivity index (χ0) is 10.8. The van der Waals surface area contributed by atoms with Crippen LogP contribution in [0.1, 0.15) is 33.1 Å². The lowest BCUT2D eigenvalue weighted by molar-refractivity contribution is 0.261. The molecule has 1 aliphatic rings. The van der Waals surface area contributed by atoms with Gasteiger partial charge in [-0.1, -0.05) is 13.8 Å². The van der Waals surface area contributed by atoms with Gasteiger partial charge in [-0.2, -0.15) is 5.10 Å². The van der Waals surface area contributed by atoms with Gasteiger partial charge in [0, 0.05) is 19.3 Å². The first-order valence-electron chi connectivity index (χ1n) is 5.90.